The van der Waals surface area contributed by atoms with Crippen LogP contribution in [0, 0.1) is 22.7 Å². The Bertz CT molecular complexity index is 4430. The van der Waals surface area contributed by atoms with Crippen LogP contribution in [0.3, 0.4) is 0 Å². The van der Waals surface area contributed by atoms with Gasteiger partial charge in [-0.25, -0.2) is 0 Å². The summed E-state index contributed by atoms with van der Waals surface area (Å²) in [5.41, 5.74) is 15.2. The van der Waals surface area contributed by atoms with E-state index in [1.54, 1.807) is 0 Å². The van der Waals surface area contributed by atoms with E-state index in [1.165, 1.54) is 21.5 Å². The fourth-order valence-corrected chi connectivity index (χ4v) is 11.1. The molecular formula is C62H36N6. The van der Waals surface area contributed by atoms with E-state index in [9.17, 15) is 10.5 Å². The molecule has 0 saturated carbocycles. The Morgan fingerprint density at radius 1 is 0.279 bits per heavy atom. The minimum absolute atomic E-state index is 0.530. The number of fused-ring (bicyclic) bond motifs is 12. The smallest absolute Gasteiger partial charge is 0.101 e. The van der Waals surface area contributed by atoms with Gasteiger partial charge in [0.25, 0.3) is 0 Å². The second-order valence-corrected chi connectivity index (χ2v) is 17.5. The summed E-state index contributed by atoms with van der Waals surface area (Å²) in [7, 11) is 0. The highest BCUT2D eigenvalue weighted by molar-refractivity contribution is 6.14. The summed E-state index contributed by atoms with van der Waals surface area (Å²) >= 11 is 0. The van der Waals surface area contributed by atoms with Crippen molar-refractivity contribution in [3.05, 3.63) is 230 Å². The lowest BCUT2D eigenvalue weighted by Crippen LogP contribution is -2.04. The topological polar surface area (TPSA) is 67.3 Å². The fraction of sp³-hybridized carbons (Fsp3) is 0. The van der Waals surface area contributed by atoms with Gasteiger partial charge >= 0.3 is 0 Å². The van der Waals surface area contributed by atoms with Gasteiger partial charge in [-0.1, -0.05) is 121 Å². The van der Waals surface area contributed by atoms with Gasteiger partial charge in [-0.3, -0.25) is 0 Å². The van der Waals surface area contributed by atoms with Crippen molar-refractivity contribution in [2.45, 2.75) is 0 Å². The van der Waals surface area contributed by atoms with Crippen LogP contribution in [-0.2, 0) is 0 Å². The summed E-state index contributed by atoms with van der Waals surface area (Å²) in [5.74, 6) is 0. The van der Waals surface area contributed by atoms with Crippen LogP contribution < -0.4 is 0 Å². The lowest BCUT2D eigenvalue weighted by Gasteiger charge is -2.19. The molecule has 0 amide bonds. The molecule has 14 rings (SSSR count). The first-order valence-corrected chi connectivity index (χ1v) is 22.8. The van der Waals surface area contributed by atoms with E-state index >= 15 is 0 Å². The first-order valence-electron chi connectivity index (χ1n) is 22.8. The molecule has 0 N–H and O–H groups in total. The molecule has 4 heterocycles. The van der Waals surface area contributed by atoms with Crippen LogP contribution in [0.5, 0.6) is 0 Å². The van der Waals surface area contributed by atoms with E-state index in [0.29, 0.717) is 11.1 Å². The number of nitriles is 2. The Balaban J connectivity index is 1.03. The predicted octanol–water partition coefficient (Wildman–Crippen LogP) is 15.5. The van der Waals surface area contributed by atoms with Crippen molar-refractivity contribution in [1.29, 1.82) is 10.5 Å². The van der Waals surface area contributed by atoms with Gasteiger partial charge in [0.15, 0.2) is 0 Å². The number of rotatable bonds is 5. The summed E-state index contributed by atoms with van der Waals surface area (Å²) < 4.78 is 9.24. The number of nitrogens with zero attached hydrogens (tertiary/aromatic N) is 6. The van der Waals surface area contributed by atoms with Gasteiger partial charge in [-0.05, 0) is 103 Å². The molecule has 6 heteroatoms. The van der Waals surface area contributed by atoms with E-state index in [4.69, 9.17) is 0 Å². The molecule has 4 aromatic heterocycles. The third kappa shape index (κ3) is 5.31. The Hall–Kier alpha value is -9.62. The van der Waals surface area contributed by atoms with E-state index in [1.807, 2.05) is 24.3 Å². The van der Waals surface area contributed by atoms with Crippen molar-refractivity contribution < 1.29 is 0 Å². The number of hydrogen-bond donors (Lipinski definition) is 0. The normalized spacial score (nSPS) is 11.8. The molecule has 0 aliphatic rings. The van der Waals surface area contributed by atoms with Crippen LogP contribution in [0.4, 0.5) is 0 Å². The third-order valence-electron chi connectivity index (χ3n) is 14.0. The quantitative estimate of drug-likeness (QED) is 0.173. The maximum absolute atomic E-state index is 11.3. The van der Waals surface area contributed by atoms with Gasteiger partial charge in [0, 0.05) is 60.0 Å². The molecule has 0 aliphatic carbocycles. The van der Waals surface area contributed by atoms with Crippen LogP contribution in [0.2, 0.25) is 0 Å². The Labute approximate surface area is 389 Å². The molecule has 10 aromatic carbocycles. The van der Waals surface area contributed by atoms with Gasteiger partial charge in [0.1, 0.15) is 6.07 Å². The summed E-state index contributed by atoms with van der Waals surface area (Å²) in [6.45, 7) is 0. The van der Waals surface area contributed by atoms with Crippen molar-refractivity contribution in [2.75, 3.05) is 0 Å². The lowest BCUT2D eigenvalue weighted by atomic mass is 9.98. The first-order chi connectivity index (χ1) is 33.7. The Morgan fingerprint density at radius 3 is 1.09 bits per heavy atom. The molecule has 0 spiro atoms. The molecule has 14 aromatic rings. The molecule has 0 aliphatic heterocycles. The zero-order valence-corrected chi connectivity index (χ0v) is 36.5. The van der Waals surface area contributed by atoms with Crippen molar-refractivity contribution in [1.82, 2.24) is 18.3 Å². The van der Waals surface area contributed by atoms with Crippen LogP contribution in [0.25, 0.3) is 121 Å². The van der Waals surface area contributed by atoms with Crippen LogP contribution in [-0.4, -0.2) is 18.3 Å². The largest absolute Gasteiger partial charge is 0.309 e. The molecule has 68 heavy (non-hydrogen) atoms. The Kier molecular flexibility index (Phi) is 8.01. The van der Waals surface area contributed by atoms with Gasteiger partial charge in [0.05, 0.1) is 72.7 Å². The standard InChI is InChI=1S/C62H36N6/c63-37-39-14-13-15-40(32-39)50-36-61(67-57-26-11-5-20-48(57)51-34-42(28-30-59(51)67)65-53-22-7-1-16-44(53)45-17-2-8-23-54(45)65)41(38-64)33-62(50)68-58-27-12-6-21-49(58)52-35-43(29-31-60(52)68)66-55-24-9-3-18-46(55)47-19-4-10-25-56(47)66/h1-36H. The average Bonchev–Trinajstić information content (AvgIpc) is 4.13. The van der Waals surface area contributed by atoms with Gasteiger partial charge in [0.2, 0.25) is 0 Å². The maximum Gasteiger partial charge on any atom is 0.101 e. The second-order valence-electron chi connectivity index (χ2n) is 17.5. The molecule has 314 valence electrons. The number of hydrogen-bond acceptors (Lipinski definition) is 2. The number of para-hydroxylation sites is 6. The van der Waals surface area contributed by atoms with Gasteiger partial charge in [-0.15, -0.1) is 0 Å². The minimum Gasteiger partial charge on any atom is -0.309 e. The van der Waals surface area contributed by atoms with E-state index < -0.39 is 0 Å². The maximum atomic E-state index is 11.3. The van der Waals surface area contributed by atoms with Crippen LogP contribution >= 0.6 is 0 Å². The molecular weight excluding hydrogens is 829 g/mol. The monoisotopic (exact) mass is 864 g/mol. The molecule has 6 nitrogen and oxygen atoms in total. The predicted molar refractivity (Wildman–Crippen MR) is 279 cm³/mol. The van der Waals surface area contributed by atoms with E-state index in [2.05, 4.69) is 225 Å². The Morgan fingerprint density at radius 2 is 0.662 bits per heavy atom. The minimum atomic E-state index is 0.530. The molecule has 0 bridgehead atoms. The zero-order chi connectivity index (χ0) is 45.0. The molecule has 0 atom stereocenters. The zero-order valence-electron chi connectivity index (χ0n) is 36.5. The van der Waals surface area contributed by atoms with Crippen molar-refractivity contribution >= 4 is 87.2 Å². The highest BCUT2D eigenvalue weighted by atomic mass is 15.0. The fourth-order valence-electron chi connectivity index (χ4n) is 11.1. The second kappa shape index (κ2) is 14.4. The van der Waals surface area contributed by atoms with Crippen molar-refractivity contribution in [3.8, 4) is 46.0 Å². The first kappa shape index (κ1) is 37.7. The van der Waals surface area contributed by atoms with Crippen LogP contribution in [0.1, 0.15) is 11.1 Å². The van der Waals surface area contributed by atoms with Gasteiger partial charge in [-0.2, -0.15) is 10.5 Å². The summed E-state index contributed by atoms with van der Waals surface area (Å²) in [6.07, 6.45) is 0. The SMILES string of the molecule is N#Cc1cccc(-c2cc(-n3c4ccccc4c4cc(-n5c6ccccc6c6ccccc65)ccc43)c(C#N)cc2-n2c3ccccc3c3cc(-n4c5ccccc5c5ccccc54)ccc32)c1. The number of benzene rings is 10. The highest BCUT2D eigenvalue weighted by Gasteiger charge is 2.23. The lowest BCUT2D eigenvalue weighted by molar-refractivity contribution is 1.13. The summed E-state index contributed by atoms with van der Waals surface area (Å²) in [5, 5.41) is 30.8. The molecule has 0 radical (unpaired) electrons. The summed E-state index contributed by atoms with van der Waals surface area (Å²) in [6, 6.07) is 81.8. The van der Waals surface area contributed by atoms with Gasteiger partial charge < -0.3 is 18.3 Å². The van der Waals surface area contributed by atoms with E-state index in [-0.39, 0.29) is 0 Å². The molecule has 0 unspecified atom stereocenters. The molecule has 0 fully saturated rings. The van der Waals surface area contributed by atoms with Crippen LogP contribution in [0.15, 0.2) is 218 Å². The summed E-state index contributed by atoms with van der Waals surface area (Å²) in [4.78, 5) is 0. The third-order valence-corrected chi connectivity index (χ3v) is 14.0. The average molecular weight is 865 g/mol. The van der Waals surface area contributed by atoms with Crippen molar-refractivity contribution in [3.63, 3.8) is 0 Å². The van der Waals surface area contributed by atoms with Crippen molar-refractivity contribution in [2.24, 2.45) is 0 Å². The van der Waals surface area contributed by atoms with E-state index in [0.717, 1.165) is 99.6 Å². The number of aromatic nitrogens is 4. The highest BCUT2D eigenvalue weighted by Crippen LogP contribution is 2.43. The molecule has 0 saturated heterocycles.